The molecule has 0 saturated heterocycles. The van der Waals surface area contributed by atoms with E-state index in [0.717, 1.165) is 16.4 Å². The van der Waals surface area contributed by atoms with Crippen LogP contribution in [0.1, 0.15) is 32.3 Å². The molecule has 7 nitrogen and oxygen atoms in total. The van der Waals surface area contributed by atoms with Crippen LogP contribution in [0.3, 0.4) is 0 Å². The summed E-state index contributed by atoms with van der Waals surface area (Å²) in [5, 5.41) is 3.25. The SMILES string of the molecule is CCCNC(=O)[C@H](CC)N(Cc1ccccc1Cl)C(=O)CN(c1ccc(F)cc1)S(=O)(=O)c1ccccc1. The second-order valence-electron chi connectivity index (χ2n) is 8.63. The maximum Gasteiger partial charge on any atom is 0.264 e. The highest BCUT2D eigenvalue weighted by atomic mass is 35.5. The lowest BCUT2D eigenvalue weighted by atomic mass is 10.1. The topological polar surface area (TPSA) is 86.8 Å². The standard InChI is InChI=1S/C28H31ClFN3O4S/c1-3-18-31-28(35)26(4-2)32(19-21-10-8-9-13-25(21)29)27(34)20-33(23-16-14-22(30)15-17-23)38(36,37)24-11-6-5-7-12-24/h5-17,26H,3-4,18-20H2,1-2H3,(H,31,35)/t26-/m0/s1. The van der Waals surface area contributed by atoms with Gasteiger partial charge in [0, 0.05) is 18.1 Å². The Balaban J connectivity index is 2.04. The predicted octanol–water partition coefficient (Wildman–Crippen LogP) is 5.01. The largest absolute Gasteiger partial charge is 0.354 e. The Hall–Kier alpha value is -3.43. The van der Waals surface area contributed by atoms with Crippen molar-refractivity contribution in [1.82, 2.24) is 10.2 Å². The first-order chi connectivity index (χ1) is 18.2. The van der Waals surface area contributed by atoms with Crippen molar-refractivity contribution in [3.63, 3.8) is 0 Å². The number of amides is 2. The lowest BCUT2D eigenvalue weighted by Crippen LogP contribution is -2.52. The number of benzene rings is 3. The van der Waals surface area contributed by atoms with Gasteiger partial charge in [-0.25, -0.2) is 12.8 Å². The number of anilines is 1. The van der Waals surface area contributed by atoms with E-state index in [9.17, 15) is 22.4 Å². The van der Waals surface area contributed by atoms with Gasteiger partial charge in [-0.15, -0.1) is 0 Å². The van der Waals surface area contributed by atoms with E-state index < -0.39 is 34.3 Å². The van der Waals surface area contributed by atoms with Crippen molar-refractivity contribution in [3.05, 3.63) is 95.3 Å². The molecular weight excluding hydrogens is 529 g/mol. The zero-order chi connectivity index (χ0) is 27.7. The highest BCUT2D eigenvalue weighted by Crippen LogP contribution is 2.26. The smallest absolute Gasteiger partial charge is 0.264 e. The van der Waals surface area contributed by atoms with Crippen LogP contribution < -0.4 is 9.62 Å². The molecule has 0 fully saturated rings. The summed E-state index contributed by atoms with van der Waals surface area (Å²) in [6.07, 6.45) is 1.02. The monoisotopic (exact) mass is 559 g/mol. The molecule has 0 aliphatic rings. The maximum absolute atomic E-state index is 13.9. The number of rotatable bonds is 12. The molecule has 0 bridgehead atoms. The Morgan fingerprint density at radius 2 is 1.58 bits per heavy atom. The molecule has 0 aliphatic heterocycles. The van der Waals surface area contributed by atoms with Crippen LogP contribution in [0.2, 0.25) is 5.02 Å². The summed E-state index contributed by atoms with van der Waals surface area (Å²) in [6.45, 7) is 3.53. The molecular formula is C28H31ClFN3O4S. The normalized spacial score (nSPS) is 12.0. The maximum atomic E-state index is 13.9. The first kappa shape index (κ1) is 29.1. The Bertz CT molecular complexity index is 1340. The van der Waals surface area contributed by atoms with Gasteiger partial charge in [0.1, 0.15) is 18.4 Å². The van der Waals surface area contributed by atoms with E-state index in [4.69, 9.17) is 11.6 Å². The van der Waals surface area contributed by atoms with Gasteiger partial charge in [0.05, 0.1) is 10.6 Å². The third-order valence-electron chi connectivity index (χ3n) is 5.96. The number of nitrogens with one attached hydrogen (secondary N) is 1. The minimum absolute atomic E-state index is 0.000793. The minimum Gasteiger partial charge on any atom is -0.354 e. The highest BCUT2D eigenvalue weighted by molar-refractivity contribution is 7.92. The zero-order valence-electron chi connectivity index (χ0n) is 21.3. The van der Waals surface area contributed by atoms with Crippen LogP contribution in [0.5, 0.6) is 0 Å². The van der Waals surface area contributed by atoms with Crippen LogP contribution in [-0.2, 0) is 26.2 Å². The van der Waals surface area contributed by atoms with E-state index in [1.54, 1.807) is 49.4 Å². The molecule has 0 spiro atoms. The van der Waals surface area contributed by atoms with Crippen LogP contribution in [0, 0.1) is 5.82 Å². The van der Waals surface area contributed by atoms with Crippen molar-refractivity contribution >= 4 is 39.1 Å². The Labute approximate surface area is 228 Å². The summed E-state index contributed by atoms with van der Waals surface area (Å²) in [7, 11) is -4.21. The van der Waals surface area contributed by atoms with E-state index in [0.29, 0.717) is 30.0 Å². The number of nitrogens with zero attached hydrogens (tertiary/aromatic N) is 2. The number of halogens is 2. The summed E-state index contributed by atoms with van der Waals surface area (Å²) in [4.78, 5) is 28.3. The number of sulfonamides is 1. The first-order valence-electron chi connectivity index (χ1n) is 12.3. The fraction of sp³-hybridized carbons (Fsp3) is 0.286. The molecule has 0 unspecified atom stereocenters. The molecule has 2 amide bonds. The number of hydrogen-bond donors (Lipinski definition) is 1. The Kier molecular flexibility index (Phi) is 10.3. The van der Waals surface area contributed by atoms with Crippen molar-refractivity contribution in [2.75, 3.05) is 17.4 Å². The quantitative estimate of drug-likeness (QED) is 0.338. The van der Waals surface area contributed by atoms with Crippen molar-refractivity contribution < 1.29 is 22.4 Å². The van der Waals surface area contributed by atoms with E-state index in [1.165, 1.54) is 29.2 Å². The summed E-state index contributed by atoms with van der Waals surface area (Å²) < 4.78 is 41.9. The van der Waals surface area contributed by atoms with Crippen LogP contribution in [0.25, 0.3) is 0 Å². The van der Waals surface area contributed by atoms with E-state index in [-0.39, 0.29) is 23.0 Å². The number of hydrogen-bond acceptors (Lipinski definition) is 4. The molecule has 202 valence electrons. The Morgan fingerprint density at radius 1 is 0.947 bits per heavy atom. The van der Waals surface area contributed by atoms with Crippen LogP contribution >= 0.6 is 11.6 Å². The first-order valence-corrected chi connectivity index (χ1v) is 14.1. The van der Waals surface area contributed by atoms with Gasteiger partial charge < -0.3 is 10.2 Å². The van der Waals surface area contributed by atoms with E-state index >= 15 is 0 Å². The molecule has 0 aromatic heterocycles. The van der Waals surface area contributed by atoms with Gasteiger partial charge in [-0.3, -0.25) is 13.9 Å². The molecule has 38 heavy (non-hydrogen) atoms. The van der Waals surface area contributed by atoms with Crippen molar-refractivity contribution in [1.29, 1.82) is 0 Å². The third kappa shape index (κ3) is 7.11. The molecule has 1 N–H and O–H groups in total. The second-order valence-corrected chi connectivity index (χ2v) is 10.9. The second kappa shape index (κ2) is 13.4. The summed E-state index contributed by atoms with van der Waals surface area (Å²) in [6, 6.07) is 18.6. The molecule has 3 rings (SSSR count). The number of carbonyl (C=O) groups is 2. The number of carbonyl (C=O) groups excluding carboxylic acids is 2. The third-order valence-corrected chi connectivity index (χ3v) is 8.12. The van der Waals surface area contributed by atoms with E-state index in [1.807, 2.05) is 6.92 Å². The molecule has 10 heteroatoms. The summed E-state index contributed by atoms with van der Waals surface area (Å²) in [5.74, 6) is -1.49. The molecule has 0 heterocycles. The fourth-order valence-corrected chi connectivity index (χ4v) is 5.58. The van der Waals surface area contributed by atoms with Gasteiger partial charge in [0.25, 0.3) is 10.0 Å². The van der Waals surface area contributed by atoms with Crippen molar-refractivity contribution in [2.24, 2.45) is 0 Å². The van der Waals surface area contributed by atoms with Gasteiger partial charge in [0.15, 0.2) is 0 Å². The lowest BCUT2D eigenvalue weighted by Gasteiger charge is -2.33. The highest BCUT2D eigenvalue weighted by Gasteiger charge is 2.33. The van der Waals surface area contributed by atoms with Crippen LogP contribution in [-0.4, -0.2) is 44.3 Å². The van der Waals surface area contributed by atoms with Gasteiger partial charge in [-0.05, 0) is 60.9 Å². The summed E-state index contributed by atoms with van der Waals surface area (Å²) >= 11 is 6.37. The average Bonchev–Trinajstić information content (AvgIpc) is 2.92. The molecule has 0 aliphatic carbocycles. The van der Waals surface area contributed by atoms with Gasteiger partial charge >= 0.3 is 0 Å². The van der Waals surface area contributed by atoms with Crippen LogP contribution in [0.15, 0.2) is 83.8 Å². The van der Waals surface area contributed by atoms with Crippen LogP contribution in [0.4, 0.5) is 10.1 Å². The minimum atomic E-state index is -4.21. The molecule has 3 aromatic carbocycles. The lowest BCUT2D eigenvalue weighted by molar-refractivity contribution is -0.140. The molecule has 1 atom stereocenters. The van der Waals surface area contributed by atoms with Crippen molar-refractivity contribution in [3.8, 4) is 0 Å². The fourth-order valence-electron chi connectivity index (χ4n) is 3.95. The predicted molar refractivity (Wildman–Crippen MR) is 147 cm³/mol. The van der Waals surface area contributed by atoms with E-state index in [2.05, 4.69) is 5.32 Å². The molecule has 0 radical (unpaired) electrons. The Morgan fingerprint density at radius 3 is 2.18 bits per heavy atom. The zero-order valence-corrected chi connectivity index (χ0v) is 22.9. The van der Waals surface area contributed by atoms with Gasteiger partial charge in [0.2, 0.25) is 11.8 Å². The summed E-state index contributed by atoms with van der Waals surface area (Å²) in [5.41, 5.74) is 0.730. The molecule has 3 aromatic rings. The average molecular weight is 560 g/mol. The van der Waals surface area contributed by atoms with Crippen molar-refractivity contribution in [2.45, 2.75) is 44.2 Å². The van der Waals surface area contributed by atoms with Gasteiger partial charge in [-0.1, -0.05) is 61.8 Å². The molecule has 0 saturated carbocycles. The van der Waals surface area contributed by atoms with Gasteiger partial charge in [-0.2, -0.15) is 0 Å².